The van der Waals surface area contributed by atoms with E-state index in [1.807, 2.05) is 41.5 Å². The molecule has 0 saturated carbocycles. The highest BCUT2D eigenvalue weighted by molar-refractivity contribution is 5.86. The molecule has 51 heavy (non-hydrogen) atoms. The summed E-state index contributed by atoms with van der Waals surface area (Å²) in [6, 6.07) is 2.87. The lowest BCUT2D eigenvalue weighted by atomic mass is 9.84. The van der Waals surface area contributed by atoms with Crippen LogP contribution in [0.1, 0.15) is 118 Å². The second-order valence-corrected chi connectivity index (χ2v) is 15.8. The Bertz CT molecular complexity index is 1230. The van der Waals surface area contributed by atoms with Gasteiger partial charge in [0, 0.05) is 44.5 Å². The molecule has 1 atom stereocenters. The van der Waals surface area contributed by atoms with E-state index in [0.717, 1.165) is 38.5 Å². The smallest absolute Gasteiger partial charge is 0.410 e. The number of nitrogens with one attached hydrogen (secondary N) is 2. The van der Waals surface area contributed by atoms with E-state index >= 15 is 0 Å². The second kappa shape index (κ2) is 19.6. The minimum atomic E-state index is -0.643. The molecule has 286 valence electrons. The highest BCUT2D eigenvalue weighted by atomic mass is 16.6. The Morgan fingerprint density at radius 1 is 0.843 bits per heavy atom. The van der Waals surface area contributed by atoms with Crippen LogP contribution in [0.5, 0.6) is 0 Å². The summed E-state index contributed by atoms with van der Waals surface area (Å²) in [6.45, 7) is 15.4. The fourth-order valence-electron chi connectivity index (χ4n) is 6.52. The molecule has 13 heteroatoms. The van der Waals surface area contributed by atoms with Gasteiger partial charge in [0.05, 0.1) is 25.6 Å². The number of esters is 1. The number of piperidine rings is 2. The first-order valence-corrected chi connectivity index (χ1v) is 18.6. The average Bonchev–Trinajstić information content (AvgIpc) is 3.06. The van der Waals surface area contributed by atoms with Gasteiger partial charge in [-0.3, -0.25) is 19.4 Å². The predicted octanol–water partition coefficient (Wildman–Crippen LogP) is 5.78. The number of nitrogens with zero attached hydrogens (tertiary/aromatic N) is 3. The Kier molecular flexibility index (Phi) is 16.0. The number of rotatable bonds is 14. The molecule has 0 aromatic carbocycles. The first-order chi connectivity index (χ1) is 24.0. The van der Waals surface area contributed by atoms with Crippen molar-refractivity contribution in [1.29, 1.82) is 0 Å². The van der Waals surface area contributed by atoms with Crippen LogP contribution in [0.2, 0.25) is 0 Å². The maximum Gasteiger partial charge on any atom is 0.410 e. The number of aromatic nitrogens is 1. The van der Waals surface area contributed by atoms with Gasteiger partial charge in [-0.2, -0.15) is 0 Å². The number of amides is 4. The van der Waals surface area contributed by atoms with Gasteiger partial charge in [-0.05, 0) is 123 Å². The highest BCUT2D eigenvalue weighted by Gasteiger charge is 2.31. The van der Waals surface area contributed by atoms with Crippen molar-refractivity contribution >= 4 is 30.0 Å². The van der Waals surface area contributed by atoms with Crippen LogP contribution in [0.4, 0.5) is 9.59 Å². The molecule has 2 saturated heterocycles. The van der Waals surface area contributed by atoms with E-state index in [-0.39, 0.29) is 43.6 Å². The molecule has 3 rings (SSSR count). The lowest BCUT2D eigenvalue weighted by molar-refractivity contribution is -0.144. The van der Waals surface area contributed by atoms with Crippen molar-refractivity contribution in [3.63, 3.8) is 0 Å². The van der Waals surface area contributed by atoms with Gasteiger partial charge < -0.3 is 34.6 Å². The Labute approximate surface area is 303 Å². The van der Waals surface area contributed by atoms with Crippen LogP contribution in [0.25, 0.3) is 0 Å². The predicted molar refractivity (Wildman–Crippen MR) is 192 cm³/mol. The number of ether oxygens (including phenoxy) is 3. The Morgan fingerprint density at radius 3 is 1.78 bits per heavy atom. The fraction of sp³-hybridized carbons (Fsp3) is 0.737. The van der Waals surface area contributed by atoms with Crippen LogP contribution in [0, 0.1) is 17.8 Å². The van der Waals surface area contributed by atoms with Crippen LogP contribution in [-0.4, -0.2) is 95.3 Å². The van der Waals surface area contributed by atoms with Gasteiger partial charge in [0.1, 0.15) is 11.2 Å². The third kappa shape index (κ3) is 15.5. The van der Waals surface area contributed by atoms with Crippen molar-refractivity contribution in [2.75, 3.05) is 39.3 Å². The Morgan fingerprint density at radius 2 is 1.35 bits per heavy atom. The van der Waals surface area contributed by atoms with E-state index in [1.165, 1.54) is 0 Å². The minimum Gasteiger partial charge on any atom is -0.466 e. The van der Waals surface area contributed by atoms with Gasteiger partial charge in [-0.1, -0.05) is 6.07 Å². The molecule has 2 aliphatic heterocycles. The molecule has 13 nitrogen and oxygen atoms in total. The van der Waals surface area contributed by atoms with E-state index in [9.17, 15) is 24.0 Å². The molecule has 0 spiro atoms. The molecule has 1 aromatic rings. The van der Waals surface area contributed by atoms with Gasteiger partial charge in [0.25, 0.3) is 0 Å². The van der Waals surface area contributed by atoms with Crippen molar-refractivity contribution in [3.05, 3.63) is 30.1 Å². The van der Waals surface area contributed by atoms with Crippen LogP contribution >= 0.6 is 0 Å². The molecule has 2 N–H and O–H groups in total. The van der Waals surface area contributed by atoms with Crippen molar-refractivity contribution < 1.29 is 38.2 Å². The van der Waals surface area contributed by atoms with Crippen LogP contribution in [0.15, 0.2) is 24.5 Å². The van der Waals surface area contributed by atoms with E-state index < -0.39 is 29.1 Å². The van der Waals surface area contributed by atoms with Crippen molar-refractivity contribution in [3.8, 4) is 0 Å². The largest absolute Gasteiger partial charge is 0.466 e. The topological polar surface area (TPSA) is 156 Å². The van der Waals surface area contributed by atoms with Gasteiger partial charge in [-0.15, -0.1) is 0 Å². The standard InChI is InChI=1S/C38H61N5O8/c1-8-49-33(45)24-31(30-10-9-19-39-25-30)41-32(44)26-40-34(46)29(13-11-27-15-20-42(21-16-27)35(47)50-37(2,3)4)14-12-28-17-22-43(23-18-28)36(48)51-38(5,6)7/h9-10,19,25,27-29,31H,8,11-18,20-24,26H2,1-7H3,(H,40,46)(H,41,44). The fourth-order valence-corrected chi connectivity index (χ4v) is 6.52. The summed E-state index contributed by atoms with van der Waals surface area (Å²) >= 11 is 0. The van der Waals surface area contributed by atoms with Gasteiger partial charge in [0.2, 0.25) is 11.8 Å². The quantitative estimate of drug-likeness (QED) is 0.180. The number of carbonyl (C=O) groups is 5. The lowest BCUT2D eigenvalue weighted by Crippen LogP contribution is -2.43. The summed E-state index contributed by atoms with van der Waals surface area (Å²) in [5, 5.41) is 5.72. The highest BCUT2D eigenvalue weighted by Crippen LogP contribution is 2.30. The third-order valence-corrected chi connectivity index (χ3v) is 9.27. The number of carbonyl (C=O) groups excluding carboxylic acids is 5. The average molecular weight is 716 g/mol. The first-order valence-electron chi connectivity index (χ1n) is 18.6. The van der Waals surface area contributed by atoms with E-state index in [1.54, 1.807) is 41.2 Å². The number of hydrogen-bond donors (Lipinski definition) is 2. The molecule has 0 bridgehead atoms. The normalized spacial score (nSPS) is 16.7. The lowest BCUT2D eigenvalue weighted by Gasteiger charge is -2.34. The van der Waals surface area contributed by atoms with Gasteiger partial charge in [-0.25, -0.2) is 9.59 Å². The van der Waals surface area contributed by atoms with Gasteiger partial charge in [0.15, 0.2) is 0 Å². The Hall–Kier alpha value is -3.90. The number of hydrogen-bond acceptors (Lipinski definition) is 9. The molecule has 0 aliphatic carbocycles. The summed E-state index contributed by atoms with van der Waals surface area (Å²) in [7, 11) is 0. The monoisotopic (exact) mass is 715 g/mol. The molecular weight excluding hydrogens is 654 g/mol. The maximum atomic E-state index is 13.6. The van der Waals surface area contributed by atoms with E-state index in [4.69, 9.17) is 14.2 Å². The second-order valence-electron chi connectivity index (χ2n) is 15.8. The summed E-state index contributed by atoms with van der Waals surface area (Å²) in [5.74, 6) is -0.566. The molecule has 1 unspecified atom stereocenters. The number of pyridine rings is 1. The van der Waals surface area contributed by atoms with Crippen LogP contribution in [0.3, 0.4) is 0 Å². The molecular formula is C38H61N5O8. The molecule has 4 amide bonds. The minimum absolute atomic E-state index is 0.0542. The zero-order valence-corrected chi connectivity index (χ0v) is 31.8. The SMILES string of the molecule is CCOC(=O)CC(NC(=O)CNC(=O)C(CCC1CCN(C(=O)OC(C)(C)C)CC1)CCC1CCN(C(=O)OC(C)(C)C)CC1)c1cccnc1. The zero-order chi connectivity index (χ0) is 37.6. The molecule has 0 radical (unpaired) electrons. The first kappa shape index (κ1) is 41.5. The molecule has 2 aliphatic rings. The Balaban J connectivity index is 1.57. The summed E-state index contributed by atoms with van der Waals surface area (Å²) < 4.78 is 16.2. The zero-order valence-electron chi connectivity index (χ0n) is 31.8. The van der Waals surface area contributed by atoms with Crippen LogP contribution < -0.4 is 10.6 Å². The van der Waals surface area contributed by atoms with Crippen LogP contribution in [-0.2, 0) is 28.6 Å². The van der Waals surface area contributed by atoms with Crippen molar-refractivity contribution in [2.45, 2.75) is 123 Å². The summed E-state index contributed by atoms with van der Waals surface area (Å²) in [6.07, 6.45) is 8.96. The van der Waals surface area contributed by atoms with Gasteiger partial charge >= 0.3 is 18.2 Å². The number of likely N-dealkylation sites (tertiary alicyclic amines) is 2. The van der Waals surface area contributed by atoms with Crippen molar-refractivity contribution in [1.82, 2.24) is 25.4 Å². The molecule has 2 fully saturated rings. The summed E-state index contributed by atoms with van der Waals surface area (Å²) in [4.78, 5) is 71.7. The maximum absolute atomic E-state index is 13.6. The van der Waals surface area contributed by atoms with E-state index in [0.29, 0.717) is 56.4 Å². The molecule has 1 aromatic heterocycles. The van der Waals surface area contributed by atoms with E-state index in [2.05, 4.69) is 15.6 Å². The third-order valence-electron chi connectivity index (χ3n) is 9.27. The molecule has 3 heterocycles. The summed E-state index contributed by atoms with van der Waals surface area (Å²) in [5.41, 5.74) is -0.421. The van der Waals surface area contributed by atoms with Crippen molar-refractivity contribution in [2.24, 2.45) is 17.8 Å².